The molecule has 0 bridgehead atoms. The predicted octanol–water partition coefficient (Wildman–Crippen LogP) is 1.96. The largest absolute Gasteiger partial charge is 0.493 e. The van der Waals surface area contributed by atoms with Crippen molar-refractivity contribution in [3.05, 3.63) is 28.2 Å². The van der Waals surface area contributed by atoms with Crippen molar-refractivity contribution in [2.24, 2.45) is 0 Å². The Labute approximate surface area is 114 Å². The zero-order valence-corrected chi connectivity index (χ0v) is 12.1. The molecule has 0 saturated heterocycles. The number of hydrogen-bond acceptors (Lipinski definition) is 4. The minimum absolute atomic E-state index is 0.0108. The van der Waals surface area contributed by atoms with Gasteiger partial charge in [-0.3, -0.25) is 0 Å². The highest BCUT2D eigenvalue weighted by molar-refractivity contribution is 9.10. The molecule has 0 saturated carbocycles. The van der Waals surface area contributed by atoms with Crippen LogP contribution in [0.2, 0.25) is 0 Å². The molecule has 0 aliphatic heterocycles. The summed E-state index contributed by atoms with van der Waals surface area (Å²) in [5.74, 6) is -0.755. The van der Waals surface area contributed by atoms with Crippen molar-refractivity contribution >= 4 is 31.7 Å². The Kier molecular flexibility index (Phi) is 5.15. The molecular formula is C11H13BrO5S. The maximum atomic E-state index is 11.2. The normalized spacial score (nSPS) is 11.2. The van der Waals surface area contributed by atoms with Gasteiger partial charge in [-0.1, -0.05) is 6.92 Å². The Bertz CT molecular complexity index is 538. The highest BCUT2D eigenvalue weighted by Crippen LogP contribution is 2.22. The van der Waals surface area contributed by atoms with Crippen LogP contribution in [0.15, 0.2) is 22.7 Å². The van der Waals surface area contributed by atoms with Crippen molar-refractivity contribution in [1.82, 2.24) is 0 Å². The predicted molar refractivity (Wildman–Crippen MR) is 70.9 cm³/mol. The van der Waals surface area contributed by atoms with Gasteiger partial charge in [0.15, 0.2) is 9.84 Å². The SMILES string of the molecule is CCS(=O)(=O)CCOc1ccc(Br)c(C(=O)O)c1. The van der Waals surface area contributed by atoms with Crippen molar-refractivity contribution in [1.29, 1.82) is 0 Å². The summed E-state index contributed by atoms with van der Waals surface area (Å²) in [6, 6.07) is 4.48. The fourth-order valence-electron chi connectivity index (χ4n) is 1.19. The van der Waals surface area contributed by atoms with E-state index in [0.29, 0.717) is 10.2 Å². The Hall–Kier alpha value is -1.08. The molecule has 0 unspecified atom stereocenters. The highest BCUT2D eigenvalue weighted by Gasteiger charge is 2.11. The van der Waals surface area contributed by atoms with Gasteiger partial charge in [-0.15, -0.1) is 0 Å². The van der Waals surface area contributed by atoms with Crippen LogP contribution in [0.5, 0.6) is 5.75 Å². The van der Waals surface area contributed by atoms with Gasteiger partial charge in [0.05, 0.1) is 11.3 Å². The first kappa shape index (κ1) is 15.0. The number of sulfone groups is 1. The first-order valence-electron chi connectivity index (χ1n) is 5.22. The van der Waals surface area contributed by atoms with E-state index in [9.17, 15) is 13.2 Å². The van der Waals surface area contributed by atoms with Gasteiger partial charge in [-0.2, -0.15) is 0 Å². The van der Waals surface area contributed by atoms with Gasteiger partial charge in [-0.25, -0.2) is 13.2 Å². The second-order valence-corrected chi connectivity index (χ2v) is 6.86. The third-order valence-corrected chi connectivity index (χ3v) is 4.63. The fourth-order valence-corrected chi connectivity index (χ4v) is 2.23. The summed E-state index contributed by atoms with van der Waals surface area (Å²) in [5.41, 5.74) is 0.0749. The maximum Gasteiger partial charge on any atom is 0.336 e. The average molecular weight is 337 g/mol. The Balaban J connectivity index is 2.69. The lowest BCUT2D eigenvalue weighted by molar-refractivity contribution is 0.0695. The molecule has 1 N–H and O–H groups in total. The number of ether oxygens (including phenoxy) is 1. The lowest BCUT2D eigenvalue weighted by Crippen LogP contribution is -2.15. The fraction of sp³-hybridized carbons (Fsp3) is 0.364. The lowest BCUT2D eigenvalue weighted by atomic mass is 10.2. The smallest absolute Gasteiger partial charge is 0.336 e. The van der Waals surface area contributed by atoms with E-state index in [1.54, 1.807) is 19.1 Å². The van der Waals surface area contributed by atoms with Crippen molar-refractivity contribution in [3.8, 4) is 5.75 Å². The van der Waals surface area contributed by atoms with Gasteiger partial charge in [0.2, 0.25) is 0 Å². The third-order valence-electron chi connectivity index (χ3n) is 2.27. The topological polar surface area (TPSA) is 80.7 Å². The van der Waals surface area contributed by atoms with E-state index in [-0.39, 0.29) is 23.7 Å². The van der Waals surface area contributed by atoms with E-state index in [1.165, 1.54) is 6.07 Å². The van der Waals surface area contributed by atoms with Gasteiger partial charge in [0, 0.05) is 10.2 Å². The molecule has 5 nitrogen and oxygen atoms in total. The number of hydrogen-bond donors (Lipinski definition) is 1. The lowest BCUT2D eigenvalue weighted by Gasteiger charge is -2.07. The standard InChI is InChI=1S/C11H13BrO5S/c1-2-18(15,16)6-5-17-8-3-4-10(12)9(7-8)11(13)14/h3-4,7H,2,5-6H2,1H3,(H,13,14). The van der Waals surface area contributed by atoms with Gasteiger partial charge in [-0.05, 0) is 34.1 Å². The number of halogens is 1. The second kappa shape index (κ2) is 6.19. The molecule has 0 aromatic heterocycles. The molecule has 0 spiro atoms. The molecule has 0 atom stereocenters. The molecule has 100 valence electrons. The molecule has 0 amide bonds. The van der Waals surface area contributed by atoms with Crippen LogP contribution >= 0.6 is 15.9 Å². The van der Waals surface area contributed by atoms with Crippen LogP contribution in [-0.4, -0.2) is 37.6 Å². The van der Waals surface area contributed by atoms with Crippen LogP contribution in [0.3, 0.4) is 0 Å². The van der Waals surface area contributed by atoms with Gasteiger partial charge in [0.25, 0.3) is 0 Å². The molecule has 0 aliphatic rings. The van der Waals surface area contributed by atoms with E-state index in [1.807, 2.05) is 0 Å². The monoisotopic (exact) mass is 336 g/mol. The third kappa shape index (κ3) is 4.30. The van der Waals surface area contributed by atoms with E-state index in [4.69, 9.17) is 9.84 Å². The van der Waals surface area contributed by atoms with Crippen LogP contribution in [0, 0.1) is 0 Å². The number of aromatic carboxylic acids is 1. The number of carbonyl (C=O) groups is 1. The molecule has 7 heteroatoms. The molecule has 0 heterocycles. The Morgan fingerprint density at radius 3 is 2.67 bits per heavy atom. The summed E-state index contributed by atoms with van der Waals surface area (Å²) in [4.78, 5) is 10.9. The highest BCUT2D eigenvalue weighted by atomic mass is 79.9. The van der Waals surface area contributed by atoms with Gasteiger partial charge >= 0.3 is 5.97 Å². The average Bonchev–Trinajstić information content (AvgIpc) is 2.31. The quantitative estimate of drug-likeness (QED) is 0.858. The van der Waals surface area contributed by atoms with Gasteiger partial charge in [0.1, 0.15) is 12.4 Å². The second-order valence-electron chi connectivity index (χ2n) is 3.53. The van der Waals surface area contributed by atoms with Crippen LogP contribution < -0.4 is 4.74 Å². The summed E-state index contributed by atoms with van der Waals surface area (Å²) in [7, 11) is -3.07. The van der Waals surface area contributed by atoms with Crippen LogP contribution in [0.25, 0.3) is 0 Å². The molecule has 18 heavy (non-hydrogen) atoms. The molecule has 0 fully saturated rings. The van der Waals surface area contributed by atoms with Crippen LogP contribution in [0.4, 0.5) is 0 Å². The maximum absolute atomic E-state index is 11.2. The summed E-state index contributed by atoms with van der Waals surface area (Å²) >= 11 is 3.11. The Morgan fingerprint density at radius 1 is 1.44 bits per heavy atom. The number of carboxylic acids is 1. The minimum atomic E-state index is -3.07. The molecule has 1 aromatic rings. The minimum Gasteiger partial charge on any atom is -0.493 e. The number of carboxylic acid groups (broad SMARTS) is 1. The van der Waals surface area contributed by atoms with E-state index >= 15 is 0 Å². The zero-order chi connectivity index (χ0) is 13.8. The first-order valence-corrected chi connectivity index (χ1v) is 7.83. The molecular weight excluding hydrogens is 324 g/mol. The number of benzene rings is 1. The van der Waals surface area contributed by atoms with Crippen molar-refractivity contribution < 1.29 is 23.1 Å². The van der Waals surface area contributed by atoms with Crippen molar-refractivity contribution in [2.45, 2.75) is 6.92 Å². The zero-order valence-electron chi connectivity index (χ0n) is 9.72. The van der Waals surface area contributed by atoms with E-state index in [2.05, 4.69) is 15.9 Å². The summed E-state index contributed by atoms with van der Waals surface area (Å²) in [6.45, 7) is 1.58. The number of rotatable bonds is 6. The summed E-state index contributed by atoms with van der Waals surface area (Å²) < 4.78 is 28.1. The first-order chi connectivity index (χ1) is 8.35. The summed E-state index contributed by atoms with van der Waals surface area (Å²) in [6.07, 6.45) is 0. The molecule has 0 aliphatic carbocycles. The molecule has 0 radical (unpaired) electrons. The molecule has 1 rings (SSSR count). The van der Waals surface area contributed by atoms with E-state index in [0.717, 1.165) is 0 Å². The van der Waals surface area contributed by atoms with Crippen molar-refractivity contribution in [3.63, 3.8) is 0 Å². The van der Waals surface area contributed by atoms with Crippen molar-refractivity contribution in [2.75, 3.05) is 18.1 Å². The summed E-state index contributed by atoms with van der Waals surface area (Å²) in [5, 5.41) is 8.90. The van der Waals surface area contributed by atoms with Crippen LogP contribution in [0.1, 0.15) is 17.3 Å². The van der Waals surface area contributed by atoms with E-state index < -0.39 is 15.8 Å². The Morgan fingerprint density at radius 2 is 2.11 bits per heavy atom. The van der Waals surface area contributed by atoms with Gasteiger partial charge < -0.3 is 9.84 Å². The molecule has 1 aromatic carbocycles. The van der Waals surface area contributed by atoms with Crippen LogP contribution in [-0.2, 0) is 9.84 Å².